The summed E-state index contributed by atoms with van der Waals surface area (Å²) in [6.45, 7) is 1.83. The van der Waals surface area contributed by atoms with Crippen LogP contribution in [0.1, 0.15) is 18.9 Å². The molecule has 0 aromatic heterocycles. The molecular formula is C19H22F3N3O3S2. The molecule has 1 aliphatic heterocycles. The number of nitrogens with zero attached hydrogens (tertiary/aromatic N) is 2. The van der Waals surface area contributed by atoms with Crippen LogP contribution in [0.5, 0.6) is 0 Å². The molecule has 30 heavy (non-hydrogen) atoms. The van der Waals surface area contributed by atoms with Crippen LogP contribution in [0.15, 0.2) is 47.0 Å². The van der Waals surface area contributed by atoms with E-state index in [1.54, 1.807) is 6.08 Å². The summed E-state index contributed by atoms with van der Waals surface area (Å²) in [6.07, 6.45) is -1.44. The molecule has 1 aliphatic carbocycles. The van der Waals surface area contributed by atoms with Crippen molar-refractivity contribution in [3.63, 3.8) is 0 Å². The van der Waals surface area contributed by atoms with Gasteiger partial charge in [-0.15, -0.1) is 0 Å². The summed E-state index contributed by atoms with van der Waals surface area (Å²) in [5.74, 6) is 0. The van der Waals surface area contributed by atoms with Crippen molar-refractivity contribution in [1.82, 2.24) is 4.31 Å². The maximum absolute atomic E-state index is 13.0. The summed E-state index contributed by atoms with van der Waals surface area (Å²) in [7, 11) is -3.77. The number of anilines is 1. The molecule has 0 bridgehead atoms. The predicted molar refractivity (Wildman–Crippen MR) is 112 cm³/mol. The van der Waals surface area contributed by atoms with Crippen molar-refractivity contribution in [1.29, 1.82) is 0 Å². The standard InChI is InChI=1S/C19H22F3N3O3S2/c1-18(26,19(20,21)22)13-2-5-15(6-3-13)24-8-10-25(11-9-24)30(27,28)17-12-14(23)4-7-16(17)29/h2-6,12,26H,7-11,23H2,1H3. The quantitative estimate of drug-likeness (QED) is 0.670. The number of piperazine rings is 1. The Morgan fingerprint density at radius 2 is 1.67 bits per heavy atom. The van der Waals surface area contributed by atoms with Crippen molar-refractivity contribution >= 4 is 32.8 Å². The Bertz CT molecular complexity index is 992. The Morgan fingerprint density at radius 1 is 1.10 bits per heavy atom. The lowest BCUT2D eigenvalue weighted by molar-refractivity contribution is -0.258. The van der Waals surface area contributed by atoms with Gasteiger partial charge in [-0.05, 0) is 30.7 Å². The summed E-state index contributed by atoms with van der Waals surface area (Å²) in [5.41, 5.74) is 3.53. The molecule has 11 heteroatoms. The fourth-order valence-corrected chi connectivity index (χ4v) is 5.34. The van der Waals surface area contributed by atoms with Crippen LogP contribution in [-0.4, -0.2) is 55.0 Å². The number of allylic oxidation sites excluding steroid dienone is 3. The van der Waals surface area contributed by atoms with E-state index in [1.165, 1.54) is 34.6 Å². The van der Waals surface area contributed by atoms with Gasteiger partial charge in [0, 0.05) is 48.8 Å². The number of sulfonamides is 1. The fraction of sp³-hybridized carbons (Fsp3) is 0.421. The zero-order chi connectivity index (χ0) is 22.3. The Morgan fingerprint density at radius 3 is 2.20 bits per heavy atom. The number of thiocarbonyl (C=S) groups is 1. The first kappa shape index (κ1) is 22.7. The molecule has 3 N–H and O–H groups in total. The van der Waals surface area contributed by atoms with E-state index in [0.29, 0.717) is 42.7 Å². The van der Waals surface area contributed by atoms with Crippen LogP contribution >= 0.6 is 12.2 Å². The highest BCUT2D eigenvalue weighted by molar-refractivity contribution is 7.96. The van der Waals surface area contributed by atoms with Gasteiger partial charge in [0.25, 0.3) is 0 Å². The Labute approximate surface area is 178 Å². The zero-order valence-electron chi connectivity index (χ0n) is 16.2. The van der Waals surface area contributed by atoms with Gasteiger partial charge < -0.3 is 15.7 Å². The summed E-state index contributed by atoms with van der Waals surface area (Å²) >= 11 is 5.18. The Hall–Kier alpha value is -1.95. The van der Waals surface area contributed by atoms with E-state index in [1.807, 2.05) is 4.90 Å². The van der Waals surface area contributed by atoms with E-state index in [2.05, 4.69) is 0 Å². The number of nitrogens with two attached hydrogens (primary N) is 1. The normalized spacial score (nSPS) is 21.1. The first-order valence-corrected chi connectivity index (χ1v) is 11.0. The fourth-order valence-electron chi connectivity index (χ4n) is 3.31. The third kappa shape index (κ3) is 4.25. The van der Waals surface area contributed by atoms with Gasteiger partial charge in [0.05, 0.1) is 4.91 Å². The molecule has 6 nitrogen and oxygen atoms in total. The van der Waals surface area contributed by atoms with Gasteiger partial charge in [-0.2, -0.15) is 17.5 Å². The second kappa shape index (κ2) is 7.95. The molecule has 1 heterocycles. The molecule has 2 aliphatic rings. The molecule has 0 spiro atoms. The number of halogens is 3. The number of rotatable bonds is 4. The summed E-state index contributed by atoms with van der Waals surface area (Å²) < 4.78 is 66.1. The average Bonchev–Trinajstić information content (AvgIpc) is 2.69. The van der Waals surface area contributed by atoms with Gasteiger partial charge in [-0.3, -0.25) is 0 Å². The molecule has 1 atom stereocenters. The number of benzene rings is 1. The monoisotopic (exact) mass is 461 g/mol. The number of alkyl halides is 3. The van der Waals surface area contributed by atoms with Crippen molar-refractivity contribution in [2.45, 2.75) is 25.1 Å². The van der Waals surface area contributed by atoms with Gasteiger partial charge in [0.1, 0.15) is 0 Å². The van der Waals surface area contributed by atoms with Gasteiger partial charge >= 0.3 is 6.18 Å². The van der Waals surface area contributed by atoms with Gasteiger partial charge in [-0.25, -0.2) is 8.42 Å². The minimum atomic E-state index is -4.79. The molecule has 1 saturated heterocycles. The molecule has 1 unspecified atom stereocenters. The first-order chi connectivity index (χ1) is 13.8. The lowest BCUT2D eigenvalue weighted by Crippen LogP contribution is -2.49. The summed E-state index contributed by atoms with van der Waals surface area (Å²) in [5, 5.41) is 9.77. The van der Waals surface area contributed by atoms with E-state index in [0.717, 1.165) is 0 Å². The molecule has 3 rings (SSSR count). The third-order valence-electron chi connectivity index (χ3n) is 5.30. The number of hydrogen-bond donors (Lipinski definition) is 2. The Kier molecular flexibility index (Phi) is 6.02. The molecule has 1 aromatic carbocycles. The van der Waals surface area contributed by atoms with Gasteiger partial charge in [0.15, 0.2) is 5.60 Å². The van der Waals surface area contributed by atoms with E-state index in [9.17, 15) is 26.7 Å². The lowest BCUT2D eigenvalue weighted by atomic mass is 9.95. The zero-order valence-corrected chi connectivity index (χ0v) is 17.8. The maximum atomic E-state index is 13.0. The van der Waals surface area contributed by atoms with Crippen LogP contribution in [0.25, 0.3) is 0 Å². The minimum Gasteiger partial charge on any atom is -0.399 e. The minimum absolute atomic E-state index is 0.0460. The number of aliphatic hydroxyl groups is 1. The largest absolute Gasteiger partial charge is 0.421 e. The average molecular weight is 462 g/mol. The first-order valence-electron chi connectivity index (χ1n) is 9.19. The lowest BCUT2D eigenvalue weighted by Gasteiger charge is -2.36. The van der Waals surface area contributed by atoms with E-state index < -0.39 is 21.8 Å². The summed E-state index contributed by atoms with van der Waals surface area (Å²) in [6, 6.07) is 5.44. The SMILES string of the molecule is CC(O)(c1ccc(N2CCN(S(=O)(=O)C3=CC(N)=CCC3=S)CC2)cc1)C(F)(F)F. The van der Waals surface area contributed by atoms with Crippen LogP contribution in [0, 0.1) is 0 Å². The van der Waals surface area contributed by atoms with Crippen LogP contribution in [-0.2, 0) is 15.6 Å². The molecule has 0 amide bonds. The molecule has 164 valence electrons. The van der Waals surface area contributed by atoms with Crippen molar-refractivity contribution in [2.75, 3.05) is 31.1 Å². The van der Waals surface area contributed by atoms with Crippen molar-refractivity contribution in [3.05, 3.63) is 52.6 Å². The Balaban J connectivity index is 1.70. The van der Waals surface area contributed by atoms with E-state index >= 15 is 0 Å². The van der Waals surface area contributed by atoms with Crippen LogP contribution in [0.4, 0.5) is 18.9 Å². The molecule has 1 fully saturated rings. The molecule has 1 aromatic rings. The van der Waals surface area contributed by atoms with E-state index in [4.69, 9.17) is 18.0 Å². The van der Waals surface area contributed by atoms with Crippen LogP contribution in [0.3, 0.4) is 0 Å². The predicted octanol–water partition coefficient (Wildman–Crippen LogP) is 2.41. The molecule has 0 saturated carbocycles. The smallest absolute Gasteiger partial charge is 0.399 e. The van der Waals surface area contributed by atoms with Gasteiger partial charge in [0.2, 0.25) is 10.0 Å². The highest BCUT2D eigenvalue weighted by Gasteiger charge is 2.51. The second-order valence-electron chi connectivity index (χ2n) is 7.35. The van der Waals surface area contributed by atoms with Crippen molar-refractivity contribution in [2.24, 2.45) is 5.73 Å². The topological polar surface area (TPSA) is 86.9 Å². The van der Waals surface area contributed by atoms with E-state index in [-0.39, 0.29) is 23.6 Å². The second-order valence-corrected chi connectivity index (χ2v) is 9.75. The highest BCUT2D eigenvalue weighted by Crippen LogP contribution is 2.39. The van der Waals surface area contributed by atoms with Crippen LogP contribution < -0.4 is 10.6 Å². The molecular weight excluding hydrogens is 439 g/mol. The molecule has 0 radical (unpaired) electrons. The van der Waals surface area contributed by atoms with Crippen LogP contribution in [0.2, 0.25) is 0 Å². The number of hydrogen-bond acceptors (Lipinski definition) is 6. The van der Waals surface area contributed by atoms with Crippen molar-refractivity contribution < 1.29 is 26.7 Å². The third-order valence-corrected chi connectivity index (χ3v) is 7.78. The summed E-state index contributed by atoms with van der Waals surface area (Å²) in [4.78, 5) is 2.24. The van der Waals surface area contributed by atoms with Crippen molar-refractivity contribution in [3.8, 4) is 0 Å². The van der Waals surface area contributed by atoms with Gasteiger partial charge in [-0.1, -0.05) is 30.4 Å². The maximum Gasteiger partial charge on any atom is 0.421 e. The highest BCUT2D eigenvalue weighted by atomic mass is 32.2.